The van der Waals surface area contributed by atoms with Gasteiger partial charge in [-0.25, -0.2) is 4.98 Å². The van der Waals surface area contributed by atoms with Crippen LogP contribution in [0.2, 0.25) is 0 Å². The number of carbonyl (C=O) groups is 1. The van der Waals surface area contributed by atoms with E-state index in [2.05, 4.69) is 26.6 Å². The average Bonchev–Trinajstić information content (AvgIpc) is 2.73. The number of nitro groups is 1. The summed E-state index contributed by atoms with van der Waals surface area (Å²) in [5.41, 5.74) is 0.853. The molecule has 1 aromatic heterocycles. The number of benzene rings is 1. The van der Waals surface area contributed by atoms with Gasteiger partial charge in [0, 0.05) is 37.0 Å². The van der Waals surface area contributed by atoms with Crippen molar-refractivity contribution in [1.29, 1.82) is 0 Å². The van der Waals surface area contributed by atoms with Gasteiger partial charge in [0.2, 0.25) is 0 Å². The second-order valence-corrected chi connectivity index (χ2v) is 6.74. The van der Waals surface area contributed by atoms with Crippen molar-refractivity contribution in [2.24, 2.45) is 0 Å². The fourth-order valence-corrected chi connectivity index (χ4v) is 3.22. The van der Waals surface area contributed by atoms with Crippen molar-refractivity contribution in [2.75, 3.05) is 56.0 Å². The highest BCUT2D eigenvalue weighted by atomic mass is 16.6. The normalized spacial score (nSPS) is 14.5. The average molecular weight is 386 g/mol. The second-order valence-electron chi connectivity index (χ2n) is 6.74. The van der Waals surface area contributed by atoms with Crippen molar-refractivity contribution in [3.63, 3.8) is 0 Å². The van der Waals surface area contributed by atoms with Crippen LogP contribution < -0.4 is 25.4 Å². The summed E-state index contributed by atoms with van der Waals surface area (Å²) in [6.45, 7) is 5.25. The molecule has 0 saturated carbocycles. The van der Waals surface area contributed by atoms with E-state index in [1.165, 1.54) is 17.0 Å². The molecule has 0 aliphatic carbocycles. The topological polar surface area (TPSA) is 106 Å². The lowest BCUT2D eigenvalue weighted by Crippen LogP contribution is -3.16. The standard InChI is InChI=1S/C19H24N6O3/c26-19(22-10-9-20-16-4-6-17(7-5-16)25(27)28)15-23-11-13-24(14-12-23)18-3-1-2-8-21-18/h1-8,20H,9-15H2,(H,22,26)/p+2. The van der Waals surface area contributed by atoms with Crippen LogP contribution in [0.3, 0.4) is 0 Å². The number of pyridine rings is 1. The number of H-pyrrole nitrogens is 1. The SMILES string of the molecule is O=C(C[NH+]1CCN(c2cccc[nH+]2)CC1)NCCNc1ccc([N+](=O)[O-])cc1. The molecular weight excluding hydrogens is 360 g/mol. The molecule has 1 fully saturated rings. The first-order valence-corrected chi connectivity index (χ1v) is 9.42. The number of aromatic nitrogens is 1. The number of hydrogen-bond acceptors (Lipinski definition) is 5. The van der Waals surface area contributed by atoms with Gasteiger partial charge in [-0.2, -0.15) is 0 Å². The van der Waals surface area contributed by atoms with Gasteiger partial charge in [-0.3, -0.25) is 19.8 Å². The third-order valence-electron chi connectivity index (χ3n) is 4.77. The van der Waals surface area contributed by atoms with Crippen LogP contribution in [-0.2, 0) is 4.79 Å². The van der Waals surface area contributed by atoms with E-state index in [0.717, 1.165) is 37.7 Å². The number of anilines is 2. The van der Waals surface area contributed by atoms with Crippen molar-refractivity contribution < 1.29 is 19.6 Å². The summed E-state index contributed by atoms with van der Waals surface area (Å²) >= 11 is 0. The van der Waals surface area contributed by atoms with E-state index in [9.17, 15) is 14.9 Å². The fraction of sp³-hybridized carbons (Fsp3) is 0.368. The smallest absolute Gasteiger partial charge is 0.275 e. The van der Waals surface area contributed by atoms with Gasteiger partial charge in [0.25, 0.3) is 17.4 Å². The van der Waals surface area contributed by atoms with Crippen molar-refractivity contribution in [3.8, 4) is 0 Å². The van der Waals surface area contributed by atoms with E-state index in [1.807, 2.05) is 18.3 Å². The molecule has 3 rings (SSSR count). The Morgan fingerprint density at radius 3 is 2.54 bits per heavy atom. The first-order chi connectivity index (χ1) is 13.6. The number of nitrogens with zero attached hydrogens (tertiary/aromatic N) is 2. The van der Waals surface area contributed by atoms with Gasteiger partial charge >= 0.3 is 0 Å². The predicted molar refractivity (Wildman–Crippen MR) is 105 cm³/mol. The molecule has 148 valence electrons. The zero-order valence-corrected chi connectivity index (χ0v) is 15.7. The zero-order chi connectivity index (χ0) is 19.8. The Balaban J connectivity index is 1.31. The summed E-state index contributed by atoms with van der Waals surface area (Å²) in [6.07, 6.45) is 1.92. The number of aromatic amines is 1. The molecule has 2 heterocycles. The van der Waals surface area contributed by atoms with Crippen LogP contribution in [0.25, 0.3) is 0 Å². The summed E-state index contributed by atoms with van der Waals surface area (Å²) in [4.78, 5) is 29.2. The van der Waals surface area contributed by atoms with E-state index < -0.39 is 4.92 Å². The van der Waals surface area contributed by atoms with Crippen LogP contribution in [0.4, 0.5) is 17.2 Å². The molecule has 9 heteroatoms. The van der Waals surface area contributed by atoms with Gasteiger partial charge in [0.1, 0.15) is 26.2 Å². The third kappa shape index (κ3) is 5.65. The number of quaternary nitrogens is 1. The van der Waals surface area contributed by atoms with Gasteiger partial charge in [-0.05, 0) is 18.2 Å². The zero-order valence-electron chi connectivity index (χ0n) is 15.7. The van der Waals surface area contributed by atoms with Crippen LogP contribution in [-0.4, -0.2) is 56.6 Å². The minimum atomic E-state index is -0.426. The fourth-order valence-electron chi connectivity index (χ4n) is 3.22. The number of non-ortho nitro benzene ring substituents is 1. The molecule has 28 heavy (non-hydrogen) atoms. The number of nitrogens with one attached hydrogen (secondary N) is 4. The van der Waals surface area contributed by atoms with Gasteiger partial charge in [-0.15, -0.1) is 0 Å². The number of amides is 1. The monoisotopic (exact) mass is 386 g/mol. The molecule has 1 saturated heterocycles. The third-order valence-corrected chi connectivity index (χ3v) is 4.77. The lowest BCUT2D eigenvalue weighted by atomic mass is 10.3. The lowest BCUT2D eigenvalue weighted by molar-refractivity contribution is -0.892. The molecule has 1 amide bonds. The summed E-state index contributed by atoms with van der Waals surface area (Å²) in [5.74, 6) is 1.16. The summed E-state index contributed by atoms with van der Waals surface area (Å²) in [6, 6.07) is 12.3. The van der Waals surface area contributed by atoms with Crippen molar-refractivity contribution >= 4 is 23.1 Å². The summed E-state index contributed by atoms with van der Waals surface area (Å²) in [5, 5.41) is 16.7. The van der Waals surface area contributed by atoms with Crippen molar-refractivity contribution in [3.05, 3.63) is 58.8 Å². The Kier molecular flexibility index (Phi) is 6.74. The van der Waals surface area contributed by atoms with Crippen LogP contribution in [0.1, 0.15) is 0 Å². The molecule has 4 N–H and O–H groups in total. The summed E-state index contributed by atoms with van der Waals surface area (Å²) < 4.78 is 0. The Morgan fingerprint density at radius 1 is 1.14 bits per heavy atom. The van der Waals surface area contributed by atoms with Gasteiger partial charge in [-0.1, -0.05) is 6.07 Å². The molecule has 1 aromatic carbocycles. The Hall–Kier alpha value is -3.20. The number of hydrogen-bond donors (Lipinski definition) is 3. The minimum Gasteiger partial charge on any atom is -0.383 e. The predicted octanol–water partition coefficient (Wildman–Crippen LogP) is -0.658. The highest BCUT2D eigenvalue weighted by Crippen LogP contribution is 2.14. The van der Waals surface area contributed by atoms with E-state index in [0.29, 0.717) is 19.6 Å². The molecule has 0 bridgehead atoms. The maximum atomic E-state index is 12.1. The van der Waals surface area contributed by atoms with Crippen LogP contribution in [0, 0.1) is 10.1 Å². The lowest BCUT2D eigenvalue weighted by Gasteiger charge is -2.27. The molecule has 0 unspecified atom stereocenters. The van der Waals surface area contributed by atoms with Crippen molar-refractivity contribution in [2.45, 2.75) is 0 Å². The highest BCUT2D eigenvalue weighted by Gasteiger charge is 2.26. The number of nitro benzene ring substituents is 1. The minimum absolute atomic E-state index is 0.0419. The highest BCUT2D eigenvalue weighted by molar-refractivity contribution is 5.76. The molecule has 1 aliphatic rings. The summed E-state index contributed by atoms with van der Waals surface area (Å²) in [7, 11) is 0. The van der Waals surface area contributed by atoms with E-state index in [1.54, 1.807) is 12.1 Å². The molecule has 0 radical (unpaired) electrons. The van der Waals surface area contributed by atoms with Gasteiger partial charge in [0.05, 0.1) is 11.1 Å². The molecule has 0 atom stereocenters. The maximum absolute atomic E-state index is 12.1. The largest absolute Gasteiger partial charge is 0.383 e. The second kappa shape index (κ2) is 9.65. The van der Waals surface area contributed by atoms with Crippen LogP contribution in [0.5, 0.6) is 0 Å². The Labute approximate surface area is 163 Å². The van der Waals surface area contributed by atoms with Crippen LogP contribution in [0.15, 0.2) is 48.7 Å². The Bertz CT molecular complexity index is 776. The van der Waals surface area contributed by atoms with Crippen molar-refractivity contribution in [1.82, 2.24) is 5.32 Å². The number of rotatable bonds is 8. The molecule has 1 aliphatic heterocycles. The molecule has 9 nitrogen and oxygen atoms in total. The molecule has 2 aromatic rings. The maximum Gasteiger partial charge on any atom is 0.275 e. The molecular formula is C19H26N6O3+2. The first kappa shape index (κ1) is 19.6. The first-order valence-electron chi connectivity index (χ1n) is 9.42. The van der Waals surface area contributed by atoms with Crippen LogP contribution >= 0.6 is 0 Å². The van der Waals surface area contributed by atoms with E-state index >= 15 is 0 Å². The van der Waals surface area contributed by atoms with Gasteiger partial charge in [0.15, 0.2) is 6.54 Å². The number of piperazine rings is 1. The molecule has 0 spiro atoms. The van der Waals surface area contributed by atoms with E-state index in [-0.39, 0.29) is 11.6 Å². The Morgan fingerprint density at radius 2 is 1.89 bits per heavy atom. The quantitative estimate of drug-likeness (QED) is 0.317. The number of carbonyl (C=O) groups excluding carboxylic acids is 1. The van der Waals surface area contributed by atoms with E-state index in [4.69, 9.17) is 0 Å². The van der Waals surface area contributed by atoms with Gasteiger partial charge < -0.3 is 15.5 Å².